The van der Waals surface area contributed by atoms with Crippen molar-refractivity contribution in [3.8, 4) is 0 Å². The Labute approximate surface area is 75.7 Å². The molecule has 0 atom stereocenters. The summed E-state index contributed by atoms with van der Waals surface area (Å²) in [6, 6.07) is 0. The van der Waals surface area contributed by atoms with Gasteiger partial charge < -0.3 is 5.73 Å². The highest BCUT2D eigenvalue weighted by Gasteiger charge is 2.17. The Balaban J connectivity index is 3.38. The van der Waals surface area contributed by atoms with E-state index in [-0.39, 0.29) is 12.2 Å². The van der Waals surface area contributed by atoms with E-state index >= 15 is 0 Å². The van der Waals surface area contributed by atoms with Gasteiger partial charge in [0.1, 0.15) is 0 Å². The van der Waals surface area contributed by atoms with E-state index < -0.39 is 4.92 Å². The molecule has 0 saturated heterocycles. The Kier molecular flexibility index (Phi) is 2.57. The third-order valence-corrected chi connectivity index (χ3v) is 1.95. The number of nitrogens with zero attached hydrogens (tertiary/aromatic N) is 2. The lowest BCUT2D eigenvalue weighted by Gasteiger charge is -2.04. The normalized spacial score (nSPS) is 10.1. The number of pyridine rings is 1. The fourth-order valence-corrected chi connectivity index (χ4v) is 1.25. The van der Waals surface area contributed by atoms with Crippen molar-refractivity contribution in [2.45, 2.75) is 20.4 Å². The van der Waals surface area contributed by atoms with Gasteiger partial charge in [-0.25, -0.2) is 0 Å². The third-order valence-electron chi connectivity index (χ3n) is 1.95. The van der Waals surface area contributed by atoms with E-state index in [1.54, 1.807) is 13.8 Å². The summed E-state index contributed by atoms with van der Waals surface area (Å²) in [7, 11) is 0. The second-order valence-corrected chi connectivity index (χ2v) is 2.82. The molecule has 1 aromatic heterocycles. The molecular formula is C8H11N3O2. The first kappa shape index (κ1) is 9.60. The summed E-state index contributed by atoms with van der Waals surface area (Å²) in [6.07, 6.45) is 1.48. The van der Waals surface area contributed by atoms with Crippen molar-refractivity contribution in [2.24, 2.45) is 5.73 Å². The van der Waals surface area contributed by atoms with Gasteiger partial charge in [0.25, 0.3) is 5.69 Å². The molecule has 0 aliphatic rings. The highest BCUT2D eigenvalue weighted by Crippen LogP contribution is 2.23. The topological polar surface area (TPSA) is 82.0 Å². The molecule has 0 unspecified atom stereocenters. The van der Waals surface area contributed by atoms with Crippen LogP contribution in [0.5, 0.6) is 0 Å². The first-order valence-corrected chi connectivity index (χ1v) is 3.87. The second-order valence-electron chi connectivity index (χ2n) is 2.82. The zero-order valence-electron chi connectivity index (χ0n) is 7.57. The van der Waals surface area contributed by atoms with Gasteiger partial charge in [-0.1, -0.05) is 0 Å². The molecule has 0 radical (unpaired) electrons. The van der Waals surface area contributed by atoms with Crippen LogP contribution in [0.1, 0.15) is 16.8 Å². The zero-order chi connectivity index (χ0) is 10.0. The molecule has 0 aliphatic carbocycles. The van der Waals surface area contributed by atoms with Crippen molar-refractivity contribution in [3.63, 3.8) is 0 Å². The van der Waals surface area contributed by atoms with Gasteiger partial charge >= 0.3 is 0 Å². The molecule has 5 heteroatoms. The van der Waals surface area contributed by atoms with Crippen molar-refractivity contribution >= 4 is 5.69 Å². The molecular weight excluding hydrogens is 170 g/mol. The van der Waals surface area contributed by atoms with Crippen LogP contribution >= 0.6 is 0 Å². The molecule has 1 aromatic rings. The quantitative estimate of drug-likeness (QED) is 0.546. The molecule has 0 saturated carbocycles. The monoisotopic (exact) mass is 181 g/mol. The van der Waals surface area contributed by atoms with E-state index in [0.717, 1.165) is 0 Å². The van der Waals surface area contributed by atoms with Crippen LogP contribution in [0.4, 0.5) is 5.69 Å². The number of nitro groups is 1. The molecule has 0 aromatic carbocycles. The van der Waals surface area contributed by atoms with Gasteiger partial charge in [-0.3, -0.25) is 15.1 Å². The SMILES string of the molecule is Cc1cnc(CN)c(C)c1[N+](=O)[O-]. The minimum absolute atomic E-state index is 0.121. The predicted octanol–water partition coefficient (Wildman–Crippen LogP) is 1.07. The van der Waals surface area contributed by atoms with Crippen LogP contribution in [0.2, 0.25) is 0 Å². The maximum Gasteiger partial charge on any atom is 0.278 e. The van der Waals surface area contributed by atoms with Crippen LogP contribution in [-0.2, 0) is 6.54 Å². The average molecular weight is 181 g/mol. The van der Waals surface area contributed by atoms with Gasteiger partial charge in [0.2, 0.25) is 0 Å². The molecule has 0 amide bonds. The third kappa shape index (κ3) is 1.65. The maximum atomic E-state index is 10.6. The van der Waals surface area contributed by atoms with Crippen molar-refractivity contribution < 1.29 is 4.92 Å². The van der Waals surface area contributed by atoms with Gasteiger partial charge in [0, 0.05) is 23.9 Å². The van der Waals surface area contributed by atoms with Crippen LogP contribution in [0.3, 0.4) is 0 Å². The lowest BCUT2D eigenvalue weighted by Crippen LogP contribution is -2.06. The minimum atomic E-state index is -0.397. The molecule has 5 nitrogen and oxygen atoms in total. The molecule has 1 rings (SSSR count). The molecule has 70 valence electrons. The summed E-state index contributed by atoms with van der Waals surface area (Å²) >= 11 is 0. The molecule has 0 spiro atoms. The summed E-state index contributed by atoms with van der Waals surface area (Å²) in [4.78, 5) is 14.3. The molecule has 2 N–H and O–H groups in total. The van der Waals surface area contributed by atoms with Crippen molar-refractivity contribution in [3.05, 3.63) is 33.1 Å². The van der Waals surface area contributed by atoms with E-state index in [1.165, 1.54) is 6.20 Å². The standard InChI is InChI=1S/C8H11N3O2/c1-5-4-10-7(3-9)6(2)8(5)11(12)13/h4H,3,9H2,1-2H3. The lowest BCUT2D eigenvalue weighted by atomic mass is 10.1. The maximum absolute atomic E-state index is 10.6. The number of aryl methyl sites for hydroxylation is 1. The Morgan fingerprint density at radius 2 is 2.23 bits per heavy atom. The van der Waals surface area contributed by atoms with Gasteiger partial charge in [0.15, 0.2) is 0 Å². The lowest BCUT2D eigenvalue weighted by molar-refractivity contribution is -0.386. The number of hydrogen-bond donors (Lipinski definition) is 1. The molecule has 0 fully saturated rings. The van der Waals surface area contributed by atoms with Gasteiger partial charge in [-0.15, -0.1) is 0 Å². The van der Waals surface area contributed by atoms with Crippen molar-refractivity contribution in [2.75, 3.05) is 0 Å². The smallest absolute Gasteiger partial charge is 0.278 e. The largest absolute Gasteiger partial charge is 0.325 e. The van der Waals surface area contributed by atoms with Crippen LogP contribution < -0.4 is 5.73 Å². The fourth-order valence-electron chi connectivity index (χ4n) is 1.25. The van der Waals surface area contributed by atoms with Crippen LogP contribution in [-0.4, -0.2) is 9.91 Å². The molecule has 0 bridgehead atoms. The zero-order valence-corrected chi connectivity index (χ0v) is 7.57. The Morgan fingerprint density at radius 3 is 2.69 bits per heavy atom. The fraction of sp³-hybridized carbons (Fsp3) is 0.375. The Bertz CT molecular complexity index is 349. The number of hydrogen-bond acceptors (Lipinski definition) is 4. The van der Waals surface area contributed by atoms with Gasteiger partial charge in [-0.2, -0.15) is 0 Å². The summed E-state index contributed by atoms with van der Waals surface area (Å²) in [5.41, 5.74) is 7.22. The van der Waals surface area contributed by atoms with Gasteiger partial charge in [0.05, 0.1) is 10.6 Å². The van der Waals surface area contributed by atoms with E-state index in [9.17, 15) is 10.1 Å². The van der Waals surface area contributed by atoms with Crippen molar-refractivity contribution in [1.29, 1.82) is 0 Å². The summed E-state index contributed by atoms with van der Waals surface area (Å²) in [6.45, 7) is 3.56. The van der Waals surface area contributed by atoms with E-state index in [0.29, 0.717) is 16.8 Å². The first-order chi connectivity index (χ1) is 6.07. The highest BCUT2D eigenvalue weighted by molar-refractivity contribution is 5.47. The van der Waals surface area contributed by atoms with Crippen molar-refractivity contribution in [1.82, 2.24) is 4.98 Å². The number of rotatable bonds is 2. The van der Waals surface area contributed by atoms with E-state index in [2.05, 4.69) is 4.98 Å². The molecule has 13 heavy (non-hydrogen) atoms. The van der Waals surface area contributed by atoms with Crippen LogP contribution in [0, 0.1) is 24.0 Å². The number of aromatic nitrogens is 1. The average Bonchev–Trinajstić information content (AvgIpc) is 2.04. The molecule has 0 aliphatic heterocycles. The predicted molar refractivity (Wildman–Crippen MR) is 48.3 cm³/mol. The number of nitrogens with two attached hydrogens (primary N) is 1. The minimum Gasteiger partial charge on any atom is -0.325 e. The van der Waals surface area contributed by atoms with E-state index in [1.807, 2.05) is 0 Å². The highest BCUT2D eigenvalue weighted by atomic mass is 16.6. The molecule has 1 heterocycles. The van der Waals surface area contributed by atoms with Crippen LogP contribution in [0.15, 0.2) is 6.20 Å². The van der Waals surface area contributed by atoms with Crippen LogP contribution in [0.25, 0.3) is 0 Å². The Morgan fingerprint density at radius 1 is 1.62 bits per heavy atom. The summed E-state index contributed by atoms with van der Waals surface area (Å²) in [5, 5.41) is 10.6. The summed E-state index contributed by atoms with van der Waals surface area (Å²) < 4.78 is 0. The van der Waals surface area contributed by atoms with E-state index in [4.69, 9.17) is 5.73 Å². The first-order valence-electron chi connectivity index (χ1n) is 3.87. The Hall–Kier alpha value is -1.49. The van der Waals surface area contributed by atoms with Gasteiger partial charge in [-0.05, 0) is 13.8 Å². The summed E-state index contributed by atoms with van der Waals surface area (Å²) in [5.74, 6) is 0. The second kappa shape index (κ2) is 3.49.